The second kappa shape index (κ2) is 12.7. The number of carbonyl (C=O) groups excluding carboxylic acids is 1. The number of hydrogen-bond donors (Lipinski definition) is 2. The van der Waals surface area contributed by atoms with Gasteiger partial charge in [0.25, 0.3) is 0 Å². The SMILES string of the molecule is C#CCN(C)CCCOc1cc2ncnc(Nc3cnn(CC(=O)Nc4cccc(F)c4F)c3)c2cc1OC. The van der Waals surface area contributed by atoms with Gasteiger partial charge in [0.05, 0.1) is 43.3 Å². The third kappa shape index (κ3) is 6.97. The molecule has 1 amide bonds. The number of methoxy groups -OCH3 is 1. The van der Waals surface area contributed by atoms with Crippen LogP contribution in [0.25, 0.3) is 10.9 Å². The number of carbonyl (C=O) groups is 1. The number of halogens is 2. The largest absolute Gasteiger partial charge is 0.493 e. The Morgan fingerprint density at radius 3 is 2.87 bits per heavy atom. The van der Waals surface area contributed by atoms with Gasteiger partial charge in [-0.2, -0.15) is 5.10 Å². The smallest absolute Gasteiger partial charge is 0.246 e. The molecule has 0 aliphatic rings. The summed E-state index contributed by atoms with van der Waals surface area (Å²) in [6.45, 7) is 1.64. The Kier molecular flexibility index (Phi) is 8.86. The highest BCUT2D eigenvalue weighted by Crippen LogP contribution is 2.34. The second-order valence-corrected chi connectivity index (χ2v) is 8.59. The van der Waals surface area contributed by atoms with Crippen molar-refractivity contribution in [1.29, 1.82) is 0 Å². The summed E-state index contributed by atoms with van der Waals surface area (Å²) in [7, 11) is 3.50. The molecule has 0 aliphatic carbocycles. The number of amides is 1. The number of aromatic nitrogens is 4. The minimum absolute atomic E-state index is 0.213. The molecule has 0 spiro atoms. The molecule has 0 unspecified atom stereocenters. The van der Waals surface area contributed by atoms with Crippen molar-refractivity contribution in [3.8, 4) is 23.8 Å². The van der Waals surface area contributed by atoms with Crippen molar-refractivity contribution in [2.45, 2.75) is 13.0 Å². The van der Waals surface area contributed by atoms with E-state index in [-0.39, 0.29) is 12.2 Å². The van der Waals surface area contributed by atoms with Crippen molar-refractivity contribution in [2.75, 3.05) is 44.5 Å². The molecule has 0 aliphatic heterocycles. The van der Waals surface area contributed by atoms with Gasteiger partial charge in [-0.15, -0.1) is 6.42 Å². The van der Waals surface area contributed by atoms with E-state index in [1.807, 2.05) is 11.9 Å². The summed E-state index contributed by atoms with van der Waals surface area (Å²) < 4.78 is 40.0. The van der Waals surface area contributed by atoms with E-state index in [0.717, 1.165) is 19.0 Å². The van der Waals surface area contributed by atoms with E-state index in [0.29, 0.717) is 47.1 Å². The van der Waals surface area contributed by atoms with Crippen LogP contribution in [-0.2, 0) is 11.3 Å². The summed E-state index contributed by atoms with van der Waals surface area (Å²) in [5, 5.41) is 10.3. The molecule has 0 radical (unpaired) electrons. The highest BCUT2D eigenvalue weighted by atomic mass is 19.2. The van der Waals surface area contributed by atoms with Gasteiger partial charge in [0, 0.05) is 24.2 Å². The summed E-state index contributed by atoms with van der Waals surface area (Å²) in [5.41, 5.74) is 0.943. The van der Waals surface area contributed by atoms with Crippen molar-refractivity contribution in [3.05, 3.63) is 60.7 Å². The third-order valence-electron chi connectivity index (χ3n) is 5.65. The van der Waals surface area contributed by atoms with Crippen LogP contribution in [0.5, 0.6) is 11.5 Å². The van der Waals surface area contributed by atoms with Gasteiger partial charge < -0.3 is 20.1 Å². The zero-order valence-corrected chi connectivity index (χ0v) is 21.4. The highest BCUT2D eigenvalue weighted by molar-refractivity contribution is 5.93. The molecule has 10 nitrogen and oxygen atoms in total. The fourth-order valence-corrected chi connectivity index (χ4v) is 3.78. The molecule has 2 aromatic carbocycles. The van der Waals surface area contributed by atoms with Crippen molar-refractivity contribution < 1.29 is 23.0 Å². The summed E-state index contributed by atoms with van der Waals surface area (Å²) in [6.07, 6.45) is 10.6. The molecule has 0 saturated carbocycles. The number of ether oxygens (including phenoxy) is 2. The summed E-state index contributed by atoms with van der Waals surface area (Å²) in [5.74, 6) is 1.44. The Bertz CT molecular complexity index is 1500. The summed E-state index contributed by atoms with van der Waals surface area (Å²) in [4.78, 5) is 23.0. The highest BCUT2D eigenvalue weighted by Gasteiger charge is 2.14. The number of nitrogens with zero attached hydrogens (tertiary/aromatic N) is 5. The zero-order valence-electron chi connectivity index (χ0n) is 21.4. The average Bonchev–Trinajstić information content (AvgIpc) is 3.35. The van der Waals surface area contributed by atoms with E-state index < -0.39 is 17.5 Å². The first-order valence-corrected chi connectivity index (χ1v) is 12.0. The van der Waals surface area contributed by atoms with Crippen LogP contribution in [0, 0.1) is 24.0 Å². The van der Waals surface area contributed by atoms with Crippen molar-refractivity contribution in [3.63, 3.8) is 0 Å². The lowest BCUT2D eigenvalue weighted by Crippen LogP contribution is -2.21. The van der Waals surface area contributed by atoms with Crippen molar-refractivity contribution in [2.24, 2.45) is 0 Å². The van der Waals surface area contributed by atoms with Gasteiger partial charge in [-0.25, -0.2) is 18.7 Å². The standard InChI is InChI=1S/C27H27F2N7O3/c1-4-9-35(2)10-6-11-39-24-13-22-19(12-23(24)38-3)27(31-17-30-22)33-18-14-32-36(15-18)16-25(37)34-21-8-5-7-20(28)26(21)29/h1,5,7-8,12-15,17H,6,9-11,16H2,2-3H3,(H,34,37)(H,30,31,33). The fraction of sp³-hybridized carbons (Fsp3) is 0.259. The lowest BCUT2D eigenvalue weighted by molar-refractivity contribution is -0.116. The Morgan fingerprint density at radius 2 is 2.08 bits per heavy atom. The Hall–Kier alpha value is -4.76. The van der Waals surface area contributed by atoms with E-state index in [1.54, 1.807) is 25.4 Å². The number of nitrogens with one attached hydrogen (secondary N) is 2. The molecule has 4 rings (SSSR count). The predicted molar refractivity (Wildman–Crippen MR) is 143 cm³/mol. The Balaban J connectivity index is 1.42. The number of anilines is 3. The van der Waals surface area contributed by atoms with Crippen LogP contribution in [0.1, 0.15) is 6.42 Å². The molecule has 0 atom stereocenters. The molecule has 0 bridgehead atoms. The van der Waals surface area contributed by atoms with Crippen molar-refractivity contribution >= 4 is 34.0 Å². The zero-order chi connectivity index (χ0) is 27.8. The normalized spacial score (nSPS) is 10.9. The number of benzene rings is 2. The molecular formula is C27H27F2N7O3. The maximum Gasteiger partial charge on any atom is 0.246 e. The summed E-state index contributed by atoms with van der Waals surface area (Å²) in [6, 6.07) is 7.12. The fourth-order valence-electron chi connectivity index (χ4n) is 3.78. The lowest BCUT2D eigenvalue weighted by Gasteiger charge is -2.15. The second-order valence-electron chi connectivity index (χ2n) is 8.59. The van der Waals surface area contributed by atoms with Crippen LogP contribution >= 0.6 is 0 Å². The predicted octanol–water partition coefficient (Wildman–Crippen LogP) is 3.83. The molecule has 12 heteroatoms. The molecule has 2 aromatic heterocycles. The van der Waals surface area contributed by atoms with Gasteiger partial charge in [-0.1, -0.05) is 12.0 Å². The van der Waals surface area contributed by atoms with E-state index in [1.165, 1.54) is 29.3 Å². The van der Waals surface area contributed by atoms with Crippen LogP contribution in [0.2, 0.25) is 0 Å². The van der Waals surface area contributed by atoms with Gasteiger partial charge in [0.15, 0.2) is 23.1 Å². The van der Waals surface area contributed by atoms with Crippen LogP contribution in [-0.4, -0.2) is 64.4 Å². The molecule has 4 aromatic rings. The monoisotopic (exact) mass is 535 g/mol. The van der Waals surface area contributed by atoms with E-state index in [9.17, 15) is 13.6 Å². The first kappa shape index (κ1) is 27.3. The number of hydrogen-bond acceptors (Lipinski definition) is 8. The Labute approximate surface area is 224 Å². The summed E-state index contributed by atoms with van der Waals surface area (Å²) >= 11 is 0. The Morgan fingerprint density at radius 1 is 1.23 bits per heavy atom. The van der Waals surface area contributed by atoms with E-state index in [2.05, 4.69) is 31.6 Å². The maximum atomic E-state index is 13.8. The minimum Gasteiger partial charge on any atom is -0.493 e. The first-order chi connectivity index (χ1) is 18.9. The van der Waals surface area contributed by atoms with Gasteiger partial charge in [-0.3, -0.25) is 14.4 Å². The van der Waals surface area contributed by atoms with Crippen LogP contribution < -0.4 is 20.1 Å². The quantitative estimate of drug-likeness (QED) is 0.208. The lowest BCUT2D eigenvalue weighted by atomic mass is 10.2. The van der Waals surface area contributed by atoms with Crippen LogP contribution in [0.3, 0.4) is 0 Å². The maximum absolute atomic E-state index is 13.8. The van der Waals surface area contributed by atoms with Gasteiger partial charge in [0.2, 0.25) is 5.91 Å². The van der Waals surface area contributed by atoms with Gasteiger partial charge >= 0.3 is 0 Å². The molecule has 39 heavy (non-hydrogen) atoms. The van der Waals surface area contributed by atoms with E-state index >= 15 is 0 Å². The van der Waals surface area contributed by atoms with Gasteiger partial charge in [0.1, 0.15) is 18.7 Å². The molecule has 2 heterocycles. The topological polar surface area (TPSA) is 106 Å². The number of fused-ring (bicyclic) bond motifs is 1. The molecule has 2 N–H and O–H groups in total. The molecule has 0 saturated heterocycles. The van der Waals surface area contributed by atoms with Crippen LogP contribution in [0.15, 0.2) is 49.1 Å². The minimum atomic E-state index is -1.12. The first-order valence-electron chi connectivity index (χ1n) is 12.0. The van der Waals surface area contributed by atoms with Crippen molar-refractivity contribution in [1.82, 2.24) is 24.6 Å². The van der Waals surface area contributed by atoms with E-state index in [4.69, 9.17) is 15.9 Å². The number of terminal acetylenes is 1. The third-order valence-corrected chi connectivity index (χ3v) is 5.65. The average molecular weight is 536 g/mol. The molecule has 202 valence electrons. The van der Waals surface area contributed by atoms with Gasteiger partial charge in [-0.05, 0) is 31.7 Å². The number of rotatable bonds is 12. The van der Waals surface area contributed by atoms with Crippen LogP contribution in [0.4, 0.5) is 26.0 Å². The molecular weight excluding hydrogens is 508 g/mol. The molecule has 0 fully saturated rings.